The van der Waals surface area contributed by atoms with E-state index in [0.717, 1.165) is 45.0 Å². The van der Waals surface area contributed by atoms with E-state index < -0.39 is 11.7 Å². The number of ketones is 1. The van der Waals surface area contributed by atoms with E-state index in [0.29, 0.717) is 30.8 Å². The third-order valence-electron chi connectivity index (χ3n) is 5.49. The monoisotopic (exact) mass is 420 g/mol. The van der Waals surface area contributed by atoms with Crippen LogP contribution in [0.3, 0.4) is 0 Å². The molecule has 0 aromatic heterocycles. The number of alkyl halides is 3. The normalized spacial score (nSPS) is 15.4. The van der Waals surface area contributed by atoms with E-state index in [9.17, 15) is 23.1 Å². The lowest BCUT2D eigenvalue weighted by atomic mass is 10.0. The van der Waals surface area contributed by atoms with Crippen LogP contribution in [0, 0.1) is 0 Å². The van der Waals surface area contributed by atoms with Crippen molar-refractivity contribution in [1.29, 1.82) is 0 Å². The molecule has 7 heteroatoms. The number of hydrogen-bond acceptors (Lipinski definition) is 4. The number of aromatic hydroxyl groups is 1. The van der Waals surface area contributed by atoms with Crippen LogP contribution in [-0.4, -0.2) is 48.5 Å². The highest BCUT2D eigenvalue weighted by molar-refractivity contribution is 5.98. The number of anilines is 1. The topological polar surface area (TPSA) is 43.8 Å². The average molecular weight is 420 g/mol. The Morgan fingerprint density at radius 3 is 2.37 bits per heavy atom. The number of para-hydroxylation sites is 1. The molecule has 30 heavy (non-hydrogen) atoms. The fourth-order valence-corrected chi connectivity index (χ4v) is 3.75. The van der Waals surface area contributed by atoms with E-state index in [4.69, 9.17) is 0 Å². The predicted molar refractivity (Wildman–Crippen MR) is 111 cm³/mol. The molecule has 1 saturated heterocycles. The van der Waals surface area contributed by atoms with Crippen LogP contribution >= 0.6 is 0 Å². The quantitative estimate of drug-likeness (QED) is 0.483. The molecule has 1 aliphatic heterocycles. The molecule has 2 aromatic rings. The molecule has 1 heterocycles. The molecule has 1 fully saturated rings. The number of phenols is 1. The summed E-state index contributed by atoms with van der Waals surface area (Å²) >= 11 is 0. The van der Waals surface area contributed by atoms with Crippen molar-refractivity contribution in [3.8, 4) is 5.75 Å². The van der Waals surface area contributed by atoms with E-state index in [1.807, 2.05) is 4.90 Å². The Labute approximate surface area is 174 Å². The lowest BCUT2D eigenvalue weighted by Gasteiger charge is -2.36. The largest absolute Gasteiger partial charge is 0.507 e. The van der Waals surface area contributed by atoms with Gasteiger partial charge in [0.1, 0.15) is 5.75 Å². The molecular formula is C23H27F3N2O2. The number of carbonyl (C=O) groups is 1. The van der Waals surface area contributed by atoms with Crippen molar-refractivity contribution in [2.24, 2.45) is 0 Å². The number of nitrogens with zero attached hydrogens (tertiary/aromatic N) is 2. The van der Waals surface area contributed by atoms with Crippen molar-refractivity contribution in [1.82, 2.24) is 4.90 Å². The molecule has 0 bridgehead atoms. The second kappa shape index (κ2) is 9.98. The van der Waals surface area contributed by atoms with Gasteiger partial charge in [-0.3, -0.25) is 9.69 Å². The zero-order chi connectivity index (χ0) is 21.6. The molecule has 3 rings (SSSR count). The molecule has 0 radical (unpaired) electrons. The highest BCUT2D eigenvalue weighted by Gasteiger charge is 2.31. The Bertz CT molecular complexity index is 846. The molecular weight excluding hydrogens is 393 g/mol. The van der Waals surface area contributed by atoms with E-state index in [2.05, 4.69) is 4.90 Å². The van der Waals surface area contributed by atoms with Crippen LogP contribution in [0.5, 0.6) is 5.75 Å². The van der Waals surface area contributed by atoms with Gasteiger partial charge >= 0.3 is 6.18 Å². The standard InChI is InChI=1S/C23H27F3N2O2/c24-23(25,26)18-7-6-8-19(17-18)28-15-13-27(14-16-28)12-5-1-2-10-21(29)20-9-3-4-11-22(20)30/h3-4,6-9,11,17,30H,1-2,5,10,12-16H2. The number of piperazine rings is 1. The van der Waals surface area contributed by atoms with Crippen molar-refractivity contribution in [3.63, 3.8) is 0 Å². The van der Waals surface area contributed by atoms with Crippen LogP contribution in [0.1, 0.15) is 41.6 Å². The maximum Gasteiger partial charge on any atom is 0.416 e. The number of halogens is 3. The van der Waals surface area contributed by atoms with Gasteiger partial charge in [-0.05, 0) is 49.7 Å². The lowest BCUT2D eigenvalue weighted by molar-refractivity contribution is -0.137. The number of unbranched alkanes of at least 4 members (excludes halogenated alkanes) is 2. The Kier molecular flexibility index (Phi) is 7.37. The summed E-state index contributed by atoms with van der Waals surface area (Å²) < 4.78 is 38.7. The SMILES string of the molecule is O=C(CCCCCN1CCN(c2cccc(C(F)(F)F)c2)CC1)c1ccccc1O. The van der Waals surface area contributed by atoms with E-state index in [1.54, 1.807) is 24.3 Å². The summed E-state index contributed by atoms with van der Waals surface area (Å²) in [4.78, 5) is 16.5. The van der Waals surface area contributed by atoms with E-state index in [-0.39, 0.29) is 11.5 Å². The Morgan fingerprint density at radius 1 is 0.933 bits per heavy atom. The Morgan fingerprint density at radius 2 is 1.67 bits per heavy atom. The first-order valence-electron chi connectivity index (χ1n) is 10.3. The Balaban J connectivity index is 1.36. The highest BCUT2D eigenvalue weighted by Crippen LogP contribution is 2.31. The maximum absolute atomic E-state index is 12.9. The van der Waals surface area contributed by atoms with Crippen LogP contribution in [0.2, 0.25) is 0 Å². The molecule has 2 aromatic carbocycles. The first kappa shape index (κ1) is 22.2. The molecule has 1 N–H and O–H groups in total. The van der Waals surface area contributed by atoms with Gasteiger partial charge in [0, 0.05) is 38.3 Å². The zero-order valence-electron chi connectivity index (χ0n) is 16.9. The van der Waals surface area contributed by atoms with Crippen molar-refractivity contribution < 1.29 is 23.1 Å². The molecule has 162 valence electrons. The second-order valence-corrected chi connectivity index (χ2v) is 7.63. The third kappa shape index (κ3) is 5.98. The van der Waals surface area contributed by atoms with Gasteiger partial charge in [0.05, 0.1) is 11.1 Å². The molecule has 0 aliphatic carbocycles. The fourth-order valence-electron chi connectivity index (χ4n) is 3.75. The summed E-state index contributed by atoms with van der Waals surface area (Å²) in [5, 5.41) is 9.73. The Hall–Kier alpha value is -2.54. The average Bonchev–Trinajstić information content (AvgIpc) is 2.73. The minimum absolute atomic E-state index is 0.0288. The number of Topliss-reactive ketones (excluding diaryl/α,β-unsaturated/α-hetero) is 1. The number of carbonyl (C=O) groups excluding carboxylic acids is 1. The van der Waals surface area contributed by atoms with Gasteiger partial charge in [0.25, 0.3) is 0 Å². The van der Waals surface area contributed by atoms with Gasteiger partial charge in [-0.25, -0.2) is 0 Å². The van der Waals surface area contributed by atoms with Gasteiger partial charge in [-0.15, -0.1) is 0 Å². The van der Waals surface area contributed by atoms with Crippen molar-refractivity contribution >= 4 is 11.5 Å². The summed E-state index contributed by atoms with van der Waals surface area (Å²) in [6.07, 6.45) is -1.23. The van der Waals surface area contributed by atoms with E-state index in [1.165, 1.54) is 18.2 Å². The van der Waals surface area contributed by atoms with Crippen LogP contribution in [0.25, 0.3) is 0 Å². The maximum atomic E-state index is 12.9. The summed E-state index contributed by atoms with van der Waals surface area (Å²) in [5.41, 5.74) is 0.385. The summed E-state index contributed by atoms with van der Waals surface area (Å²) in [7, 11) is 0. The zero-order valence-corrected chi connectivity index (χ0v) is 16.9. The summed E-state index contributed by atoms with van der Waals surface area (Å²) in [5.74, 6) is -0.0102. The smallest absolute Gasteiger partial charge is 0.416 e. The number of phenolic OH excluding ortho intramolecular Hbond substituents is 1. The third-order valence-corrected chi connectivity index (χ3v) is 5.49. The molecule has 0 spiro atoms. The van der Waals surface area contributed by atoms with Crippen LogP contribution in [0.4, 0.5) is 18.9 Å². The first-order chi connectivity index (χ1) is 14.3. The van der Waals surface area contributed by atoms with Gasteiger partial charge in [0.2, 0.25) is 0 Å². The van der Waals surface area contributed by atoms with Gasteiger partial charge in [-0.1, -0.05) is 24.6 Å². The molecule has 0 amide bonds. The lowest BCUT2D eigenvalue weighted by Crippen LogP contribution is -2.46. The summed E-state index contributed by atoms with van der Waals surface area (Å²) in [6.45, 7) is 3.95. The molecule has 1 aliphatic rings. The minimum Gasteiger partial charge on any atom is -0.507 e. The van der Waals surface area contributed by atoms with E-state index >= 15 is 0 Å². The fraction of sp³-hybridized carbons (Fsp3) is 0.435. The van der Waals surface area contributed by atoms with Gasteiger partial charge in [0.15, 0.2) is 5.78 Å². The molecule has 0 saturated carbocycles. The van der Waals surface area contributed by atoms with Crippen LogP contribution in [-0.2, 0) is 6.18 Å². The number of hydrogen-bond donors (Lipinski definition) is 1. The van der Waals surface area contributed by atoms with Crippen LogP contribution < -0.4 is 4.90 Å². The summed E-state index contributed by atoms with van der Waals surface area (Å²) in [6, 6.07) is 12.1. The number of benzene rings is 2. The minimum atomic E-state index is -4.32. The number of rotatable bonds is 8. The van der Waals surface area contributed by atoms with Crippen LogP contribution in [0.15, 0.2) is 48.5 Å². The first-order valence-corrected chi connectivity index (χ1v) is 10.3. The second-order valence-electron chi connectivity index (χ2n) is 7.63. The van der Waals surface area contributed by atoms with Crippen molar-refractivity contribution in [3.05, 3.63) is 59.7 Å². The highest BCUT2D eigenvalue weighted by atomic mass is 19.4. The van der Waals surface area contributed by atoms with Crippen molar-refractivity contribution in [2.45, 2.75) is 31.9 Å². The van der Waals surface area contributed by atoms with Crippen molar-refractivity contribution in [2.75, 3.05) is 37.6 Å². The van der Waals surface area contributed by atoms with Gasteiger partial charge in [-0.2, -0.15) is 13.2 Å². The molecule has 0 unspecified atom stereocenters. The molecule has 4 nitrogen and oxygen atoms in total. The predicted octanol–water partition coefficient (Wildman–Crippen LogP) is 4.98. The van der Waals surface area contributed by atoms with Gasteiger partial charge < -0.3 is 10.0 Å². The molecule has 0 atom stereocenters.